The van der Waals surface area contributed by atoms with Crippen LogP contribution in [0, 0.1) is 18.3 Å². The Bertz CT molecular complexity index is 587. The minimum atomic E-state index is 0.396. The second-order valence-electron chi connectivity index (χ2n) is 3.62. The van der Waals surface area contributed by atoms with Gasteiger partial charge in [0.15, 0.2) is 0 Å². The first-order valence-electron chi connectivity index (χ1n) is 5.09. The maximum absolute atomic E-state index is 8.84. The molecule has 1 heterocycles. The fraction of sp³-hybridized carbons (Fsp3) is 0.0769. The summed E-state index contributed by atoms with van der Waals surface area (Å²) in [6.45, 7) is 1.81. The van der Waals surface area contributed by atoms with Crippen molar-refractivity contribution < 1.29 is 4.74 Å². The van der Waals surface area contributed by atoms with Crippen molar-refractivity contribution >= 4 is 5.69 Å². The van der Waals surface area contributed by atoms with Gasteiger partial charge in [-0.25, -0.2) is 4.98 Å². The van der Waals surface area contributed by atoms with Crippen molar-refractivity contribution in [3.05, 3.63) is 47.7 Å². The fourth-order valence-corrected chi connectivity index (χ4v) is 1.45. The zero-order chi connectivity index (χ0) is 12.3. The Hall–Kier alpha value is -2.54. The molecule has 0 fully saturated rings. The second kappa shape index (κ2) is 4.54. The number of rotatable bonds is 2. The van der Waals surface area contributed by atoms with Gasteiger partial charge in [-0.1, -0.05) is 6.07 Å². The Morgan fingerprint density at radius 1 is 1.29 bits per heavy atom. The predicted molar refractivity (Wildman–Crippen MR) is 64.6 cm³/mol. The van der Waals surface area contributed by atoms with Crippen LogP contribution in [-0.4, -0.2) is 4.98 Å². The Morgan fingerprint density at radius 2 is 2.12 bits per heavy atom. The van der Waals surface area contributed by atoms with E-state index in [-0.39, 0.29) is 0 Å². The van der Waals surface area contributed by atoms with Gasteiger partial charge in [-0.3, -0.25) is 0 Å². The number of nitrogen functional groups attached to an aromatic ring is 1. The number of aryl methyl sites for hydroxylation is 1. The van der Waals surface area contributed by atoms with E-state index in [4.69, 9.17) is 15.7 Å². The largest absolute Gasteiger partial charge is 0.439 e. The van der Waals surface area contributed by atoms with Gasteiger partial charge in [-0.2, -0.15) is 5.26 Å². The summed E-state index contributed by atoms with van der Waals surface area (Å²) in [7, 11) is 0. The summed E-state index contributed by atoms with van der Waals surface area (Å²) in [5.74, 6) is 0.999. The zero-order valence-electron chi connectivity index (χ0n) is 9.34. The summed E-state index contributed by atoms with van der Waals surface area (Å²) in [6, 6.07) is 12.4. The van der Waals surface area contributed by atoms with Crippen LogP contribution in [0.2, 0.25) is 0 Å². The number of ether oxygens (including phenoxy) is 1. The molecule has 0 aliphatic heterocycles. The van der Waals surface area contributed by atoms with Gasteiger partial charge in [-0.15, -0.1) is 0 Å². The van der Waals surface area contributed by atoms with Crippen LogP contribution < -0.4 is 10.5 Å². The van der Waals surface area contributed by atoms with Crippen molar-refractivity contribution in [2.45, 2.75) is 6.92 Å². The molecule has 2 aromatic rings. The lowest BCUT2D eigenvalue weighted by Crippen LogP contribution is -1.92. The number of aromatic nitrogens is 1. The SMILES string of the molecule is Cc1cc(C#N)cc(Oc2cccc(N)c2)n1. The highest BCUT2D eigenvalue weighted by molar-refractivity contribution is 5.45. The van der Waals surface area contributed by atoms with Gasteiger partial charge in [0.1, 0.15) is 5.75 Å². The Morgan fingerprint density at radius 3 is 2.82 bits per heavy atom. The molecule has 1 aromatic heterocycles. The summed E-state index contributed by atoms with van der Waals surface area (Å²) in [5, 5.41) is 8.84. The van der Waals surface area contributed by atoms with Crippen molar-refractivity contribution in [2.24, 2.45) is 0 Å². The van der Waals surface area contributed by atoms with E-state index in [1.54, 1.807) is 36.4 Å². The highest BCUT2D eigenvalue weighted by atomic mass is 16.5. The Kier molecular flexibility index (Phi) is 2.93. The topological polar surface area (TPSA) is 71.9 Å². The maximum atomic E-state index is 8.84. The van der Waals surface area contributed by atoms with Crippen molar-refractivity contribution in [3.8, 4) is 17.7 Å². The van der Waals surface area contributed by atoms with Crippen molar-refractivity contribution in [1.82, 2.24) is 4.98 Å². The van der Waals surface area contributed by atoms with Crippen molar-refractivity contribution in [3.63, 3.8) is 0 Å². The van der Waals surface area contributed by atoms with Crippen molar-refractivity contribution in [2.75, 3.05) is 5.73 Å². The molecule has 4 heteroatoms. The molecule has 0 radical (unpaired) electrons. The molecule has 0 aliphatic rings. The molecule has 0 atom stereocenters. The molecule has 17 heavy (non-hydrogen) atoms. The van der Waals surface area contributed by atoms with Gasteiger partial charge in [0.25, 0.3) is 0 Å². The lowest BCUT2D eigenvalue weighted by Gasteiger charge is -2.06. The van der Waals surface area contributed by atoms with Gasteiger partial charge in [0.05, 0.1) is 11.6 Å². The number of nitrogens with two attached hydrogens (primary N) is 1. The molecule has 0 spiro atoms. The molecule has 2 rings (SSSR count). The number of hydrogen-bond donors (Lipinski definition) is 1. The monoisotopic (exact) mass is 225 g/mol. The third kappa shape index (κ3) is 2.73. The number of benzene rings is 1. The minimum absolute atomic E-state index is 0.396. The van der Waals surface area contributed by atoms with Crippen LogP contribution in [0.25, 0.3) is 0 Å². The van der Waals surface area contributed by atoms with E-state index < -0.39 is 0 Å². The molecule has 84 valence electrons. The highest BCUT2D eigenvalue weighted by Crippen LogP contribution is 2.22. The molecule has 2 N–H and O–H groups in total. The van der Waals surface area contributed by atoms with Crippen molar-refractivity contribution in [1.29, 1.82) is 5.26 Å². The van der Waals surface area contributed by atoms with E-state index in [1.807, 2.05) is 6.92 Å². The molecule has 0 saturated carbocycles. The molecular weight excluding hydrogens is 214 g/mol. The van der Waals surface area contributed by atoms with Crippen LogP contribution in [0.5, 0.6) is 11.6 Å². The summed E-state index contributed by atoms with van der Waals surface area (Å²) in [5.41, 5.74) is 7.53. The van der Waals surface area contributed by atoms with E-state index in [1.165, 1.54) is 0 Å². The average molecular weight is 225 g/mol. The van der Waals surface area contributed by atoms with Crippen LogP contribution in [0.15, 0.2) is 36.4 Å². The minimum Gasteiger partial charge on any atom is -0.439 e. The molecule has 0 saturated heterocycles. The average Bonchev–Trinajstić information content (AvgIpc) is 2.28. The molecule has 0 bridgehead atoms. The Labute approximate surface area is 99.3 Å². The smallest absolute Gasteiger partial charge is 0.220 e. The number of hydrogen-bond acceptors (Lipinski definition) is 4. The lowest BCUT2D eigenvalue weighted by atomic mass is 10.2. The van der Waals surface area contributed by atoms with Gasteiger partial charge in [-0.05, 0) is 25.1 Å². The van der Waals surface area contributed by atoms with Crippen LogP contribution in [0.4, 0.5) is 5.69 Å². The molecular formula is C13H11N3O. The number of anilines is 1. The molecule has 0 aliphatic carbocycles. The van der Waals surface area contributed by atoms with Gasteiger partial charge < -0.3 is 10.5 Å². The first kappa shape index (κ1) is 11.0. The molecule has 4 nitrogen and oxygen atoms in total. The van der Waals surface area contributed by atoms with Gasteiger partial charge in [0, 0.05) is 23.5 Å². The lowest BCUT2D eigenvalue weighted by molar-refractivity contribution is 0.462. The van der Waals surface area contributed by atoms with Crippen LogP contribution in [-0.2, 0) is 0 Å². The van der Waals surface area contributed by atoms with E-state index in [9.17, 15) is 0 Å². The van der Waals surface area contributed by atoms with Gasteiger partial charge in [0.2, 0.25) is 5.88 Å². The third-order valence-electron chi connectivity index (χ3n) is 2.14. The summed E-state index contributed by atoms with van der Waals surface area (Å²) in [6.07, 6.45) is 0. The summed E-state index contributed by atoms with van der Waals surface area (Å²) in [4.78, 5) is 4.19. The third-order valence-corrected chi connectivity index (χ3v) is 2.14. The first-order valence-corrected chi connectivity index (χ1v) is 5.09. The van der Waals surface area contributed by atoms with Crippen LogP contribution >= 0.6 is 0 Å². The van der Waals surface area contributed by atoms with E-state index in [2.05, 4.69) is 11.1 Å². The molecule has 0 amide bonds. The van der Waals surface area contributed by atoms with E-state index >= 15 is 0 Å². The van der Waals surface area contributed by atoms with Crippen LogP contribution in [0.3, 0.4) is 0 Å². The maximum Gasteiger partial charge on any atom is 0.220 e. The highest BCUT2D eigenvalue weighted by Gasteiger charge is 2.02. The normalized spacial score (nSPS) is 9.65. The molecule has 0 unspecified atom stereocenters. The predicted octanol–water partition coefficient (Wildman–Crippen LogP) is 2.64. The molecule has 1 aromatic carbocycles. The standard InChI is InChI=1S/C13H11N3O/c1-9-5-10(8-14)6-13(16-9)17-12-4-2-3-11(15)7-12/h2-7H,15H2,1H3. The zero-order valence-corrected chi connectivity index (χ0v) is 9.34. The second-order valence-corrected chi connectivity index (χ2v) is 3.62. The summed E-state index contributed by atoms with van der Waals surface area (Å²) >= 11 is 0. The first-order chi connectivity index (χ1) is 8.17. The number of nitriles is 1. The number of pyridine rings is 1. The quantitative estimate of drug-likeness (QED) is 0.797. The van der Waals surface area contributed by atoms with E-state index in [0.717, 1.165) is 5.69 Å². The van der Waals surface area contributed by atoms with E-state index in [0.29, 0.717) is 22.9 Å². The number of nitrogens with zero attached hydrogens (tertiary/aromatic N) is 2. The summed E-state index contributed by atoms with van der Waals surface area (Å²) < 4.78 is 5.54. The Balaban J connectivity index is 2.30. The van der Waals surface area contributed by atoms with Gasteiger partial charge >= 0.3 is 0 Å². The fourth-order valence-electron chi connectivity index (χ4n) is 1.45. The van der Waals surface area contributed by atoms with Crippen LogP contribution in [0.1, 0.15) is 11.3 Å².